The third kappa shape index (κ3) is 4.19. The van der Waals surface area contributed by atoms with Gasteiger partial charge in [0.1, 0.15) is 0 Å². The lowest BCUT2D eigenvalue weighted by atomic mass is 10.0. The zero-order valence-electron chi connectivity index (χ0n) is 11.0. The van der Waals surface area contributed by atoms with E-state index in [4.69, 9.17) is 10.9 Å². The number of nitrogens with one attached hydrogen (secondary N) is 1. The van der Waals surface area contributed by atoms with Gasteiger partial charge in [0.25, 0.3) is 0 Å². The molecule has 0 spiro atoms. The van der Waals surface area contributed by atoms with Crippen molar-refractivity contribution in [3.05, 3.63) is 18.2 Å². The first-order chi connectivity index (χ1) is 8.20. The Kier molecular flexibility index (Phi) is 4.59. The second-order valence-corrected chi connectivity index (χ2v) is 6.53. The van der Waals surface area contributed by atoms with E-state index in [0.717, 1.165) is 6.42 Å². The van der Waals surface area contributed by atoms with E-state index in [1.54, 1.807) is 6.07 Å². The maximum atomic E-state index is 11.3. The van der Waals surface area contributed by atoms with Gasteiger partial charge in [0.2, 0.25) is 10.0 Å². The molecule has 0 fully saturated rings. The minimum Gasteiger partial charge on any atom is -0.397 e. The lowest BCUT2D eigenvalue weighted by molar-refractivity contribution is 0.540. The van der Waals surface area contributed by atoms with E-state index in [0.29, 0.717) is 17.3 Å². The van der Waals surface area contributed by atoms with Gasteiger partial charge >= 0.3 is 0 Å². The fourth-order valence-electron chi connectivity index (χ4n) is 1.87. The maximum absolute atomic E-state index is 11.3. The Labute approximate surface area is 109 Å². The Hall–Kier alpha value is -1.27. The third-order valence-corrected chi connectivity index (χ3v) is 3.49. The molecule has 18 heavy (non-hydrogen) atoms. The van der Waals surface area contributed by atoms with E-state index in [1.807, 2.05) is 6.92 Å². The molecular formula is C12H21N3O2S. The van der Waals surface area contributed by atoms with Gasteiger partial charge in [-0.3, -0.25) is 0 Å². The van der Waals surface area contributed by atoms with Gasteiger partial charge in [0.15, 0.2) is 0 Å². The maximum Gasteiger partial charge on any atom is 0.238 e. The van der Waals surface area contributed by atoms with Crippen LogP contribution in [0.15, 0.2) is 23.1 Å². The molecule has 0 aliphatic carbocycles. The third-order valence-electron chi connectivity index (χ3n) is 2.58. The SMILES string of the molecule is CC(C)CC(C)Nc1cc(S(N)(=O)=O)ccc1N. The Morgan fingerprint density at radius 3 is 2.39 bits per heavy atom. The Balaban J connectivity index is 2.95. The zero-order chi connectivity index (χ0) is 13.9. The summed E-state index contributed by atoms with van der Waals surface area (Å²) in [5.74, 6) is 0.551. The molecule has 102 valence electrons. The van der Waals surface area contributed by atoms with Gasteiger partial charge in [-0.1, -0.05) is 13.8 Å². The van der Waals surface area contributed by atoms with Crippen molar-refractivity contribution >= 4 is 21.4 Å². The summed E-state index contributed by atoms with van der Waals surface area (Å²) in [5, 5.41) is 8.30. The molecule has 0 bridgehead atoms. The molecule has 1 rings (SSSR count). The molecule has 0 amide bonds. The van der Waals surface area contributed by atoms with Crippen molar-refractivity contribution < 1.29 is 8.42 Å². The average molecular weight is 271 g/mol. The molecule has 0 aromatic heterocycles. The van der Waals surface area contributed by atoms with Gasteiger partial charge < -0.3 is 11.1 Å². The molecule has 0 radical (unpaired) electrons. The summed E-state index contributed by atoms with van der Waals surface area (Å²) in [6, 6.07) is 4.64. The fraction of sp³-hybridized carbons (Fsp3) is 0.500. The second kappa shape index (κ2) is 5.58. The van der Waals surface area contributed by atoms with Crippen LogP contribution in [0.25, 0.3) is 0 Å². The quantitative estimate of drug-likeness (QED) is 0.711. The fourth-order valence-corrected chi connectivity index (χ4v) is 2.41. The molecule has 5 nitrogen and oxygen atoms in total. The highest BCUT2D eigenvalue weighted by atomic mass is 32.2. The molecule has 0 saturated carbocycles. The van der Waals surface area contributed by atoms with Gasteiger partial charge in [0, 0.05) is 6.04 Å². The van der Waals surface area contributed by atoms with Crippen molar-refractivity contribution in [3.8, 4) is 0 Å². The summed E-state index contributed by atoms with van der Waals surface area (Å²) in [7, 11) is -3.70. The first-order valence-corrected chi connectivity index (χ1v) is 7.43. The summed E-state index contributed by atoms with van der Waals surface area (Å²) in [5.41, 5.74) is 6.93. The summed E-state index contributed by atoms with van der Waals surface area (Å²) in [6.45, 7) is 6.29. The molecule has 6 heteroatoms. The van der Waals surface area contributed by atoms with Crippen molar-refractivity contribution in [1.29, 1.82) is 0 Å². The highest BCUT2D eigenvalue weighted by Crippen LogP contribution is 2.23. The van der Waals surface area contributed by atoms with Crippen LogP contribution >= 0.6 is 0 Å². The second-order valence-electron chi connectivity index (χ2n) is 4.97. The number of rotatable bonds is 5. The molecule has 1 atom stereocenters. The highest BCUT2D eigenvalue weighted by Gasteiger charge is 2.12. The first kappa shape index (κ1) is 14.8. The van der Waals surface area contributed by atoms with Crippen LogP contribution in [-0.2, 0) is 10.0 Å². The first-order valence-electron chi connectivity index (χ1n) is 5.89. The van der Waals surface area contributed by atoms with Gasteiger partial charge in [-0.2, -0.15) is 0 Å². The normalized spacial score (nSPS) is 13.6. The molecule has 0 heterocycles. The van der Waals surface area contributed by atoms with E-state index in [9.17, 15) is 8.42 Å². The summed E-state index contributed by atoms with van der Waals surface area (Å²) < 4.78 is 22.5. The lowest BCUT2D eigenvalue weighted by Gasteiger charge is -2.19. The number of benzene rings is 1. The molecule has 5 N–H and O–H groups in total. The predicted octanol–water partition coefficient (Wildman–Crippen LogP) is 1.76. The molecule has 0 aliphatic rings. The molecule has 0 aliphatic heterocycles. The highest BCUT2D eigenvalue weighted by molar-refractivity contribution is 7.89. The minimum atomic E-state index is -3.70. The van der Waals surface area contributed by atoms with E-state index < -0.39 is 10.0 Å². The van der Waals surface area contributed by atoms with Crippen LogP contribution < -0.4 is 16.2 Å². The smallest absolute Gasteiger partial charge is 0.238 e. The van der Waals surface area contributed by atoms with Gasteiger partial charge in [-0.15, -0.1) is 0 Å². The summed E-state index contributed by atoms with van der Waals surface area (Å²) in [4.78, 5) is 0.0657. The van der Waals surface area contributed by atoms with Gasteiger partial charge in [0.05, 0.1) is 16.3 Å². The van der Waals surface area contributed by atoms with E-state index in [-0.39, 0.29) is 10.9 Å². The van der Waals surface area contributed by atoms with Crippen LogP contribution in [0, 0.1) is 5.92 Å². The van der Waals surface area contributed by atoms with E-state index in [2.05, 4.69) is 19.2 Å². The number of primary sulfonamides is 1. The summed E-state index contributed by atoms with van der Waals surface area (Å²) >= 11 is 0. The Morgan fingerprint density at radius 2 is 1.89 bits per heavy atom. The largest absolute Gasteiger partial charge is 0.397 e. The molecule has 1 aromatic rings. The van der Waals surface area contributed by atoms with Crippen molar-refractivity contribution in [1.82, 2.24) is 0 Å². The van der Waals surface area contributed by atoms with Crippen LogP contribution in [0.3, 0.4) is 0 Å². The number of nitrogen functional groups attached to an aromatic ring is 1. The molecule has 1 unspecified atom stereocenters. The summed E-state index contributed by atoms with van der Waals surface area (Å²) in [6.07, 6.45) is 0.971. The van der Waals surface area contributed by atoms with Crippen molar-refractivity contribution in [2.75, 3.05) is 11.1 Å². The topological polar surface area (TPSA) is 98.2 Å². The van der Waals surface area contributed by atoms with Crippen molar-refractivity contribution in [2.24, 2.45) is 11.1 Å². The van der Waals surface area contributed by atoms with Crippen molar-refractivity contribution in [3.63, 3.8) is 0 Å². The van der Waals surface area contributed by atoms with E-state index in [1.165, 1.54) is 12.1 Å². The van der Waals surface area contributed by atoms with Gasteiger partial charge in [-0.05, 0) is 37.5 Å². The number of anilines is 2. The Bertz CT molecular complexity index is 512. The molecular weight excluding hydrogens is 250 g/mol. The predicted molar refractivity (Wildman–Crippen MR) is 74.8 cm³/mol. The van der Waals surface area contributed by atoms with Crippen molar-refractivity contribution in [2.45, 2.75) is 38.1 Å². The molecule has 0 saturated heterocycles. The van der Waals surface area contributed by atoms with Crippen LogP contribution in [-0.4, -0.2) is 14.5 Å². The van der Waals surface area contributed by atoms with Crippen LogP contribution in [0.2, 0.25) is 0 Å². The van der Waals surface area contributed by atoms with Crippen LogP contribution in [0.5, 0.6) is 0 Å². The zero-order valence-corrected chi connectivity index (χ0v) is 11.8. The minimum absolute atomic E-state index is 0.0657. The van der Waals surface area contributed by atoms with E-state index >= 15 is 0 Å². The average Bonchev–Trinajstić information content (AvgIpc) is 2.18. The number of sulfonamides is 1. The standard InChI is InChI=1S/C12H21N3O2S/c1-8(2)6-9(3)15-12-7-10(18(14,16)17)4-5-11(12)13/h4-5,7-9,15H,6,13H2,1-3H3,(H2,14,16,17). The molecule has 1 aromatic carbocycles. The van der Waals surface area contributed by atoms with Crippen LogP contribution in [0.4, 0.5) is 11.4 Å². The number of hydrogen-bond acceptors (Lipinski definition) is 4. The van der Waals surface area contributed by atoms with Crippen LogP contribution in [0.1, 0.15) is 27.2 Å². The number of hydrogen-bond donors (Lipinski definition) is 3. The monoisotopic (exact) mass is 271 g/mol. The Morgan fingerprint density at radius 1 is 1.28 bits per heavy atom. The van der Waals surface area contributed by atoms with Gasteiger partial charge in [-0.25, -0.2) is 13.6 Å². The lowest BCUT2D eigenvalue weighted by Crippen LogP contribution is -2.19. The number of nitrogens with two attached hydrogens (primary N) is 2.